The molecule has 0 radical (unpaired) electrons. The molecule has 9 heteroatoms. The Morgan fingerprint density at radius 2 is 1.70 bits per heavy atom. The highest BCUT2D eigenvalue weighted by Crippen LogP contribution is 2.89. The van der Waals surface area contributed by atoms with Crippen molar-refractivity contribution in [2.75, 3.05) is 6.61 Å². The molecule has 7 fully saturated rings. The molecule has 0 aromatic carbocycles. The number of aliphatic hydroxyl groups is 5. The molecule has 8 aliphatic rings. The van der Waals surface area contributed by atoms with Gasteiger partial charge in [0.1, 0.15) is 30.5 Å². The zero-order chi connectivity index (χ0) is 31.6. The number of hydrogen-bond donors (Lipinski definition) is 5. The summed E-state index contributed by atoms with van der Waals surface area (Å²) < 4.78 is 25.7. The Hall–Kier alpha value is -0.620. The molecule has 0 unspecified atom stereocenters. The third-order valence-corrected chi connectivity index (χ3v) is 15.2. The van der Waals surface area contributed by atoms with Gasteiger partial charge < -0.3 is 44.5 Å². The van der Waals surface area contributed by atoms with Crippen molar-refractivity contribution < 1.29 is 44.5 Å². The summed E-state index contributed by atoms with van der Waals surface area (Å²) in [6.45, 7) is 15.0. The number of hydrogen-bond acceptors (Lipinski definition) is 9. The van der Waals surface area contributed by atoms with E-state index in [0.717, 1.165) is 44.9 Å². The molecule has 5 N–H and O–H groups in total. The van der Waals surface area contributed by atoms with Crippen molar-refractivity contribution in [3.8, 4) is 0 Å². The summed E-state index contributed by atoms with van der Waals surface area (Å²) >= 11 is 0. The number of rotatable bonds is 3. The van der Waals surface area contributed by atoms with Gasteiger partial charge in [0.05, 0.1) is 24.4 Å². The lowest BCUT2D eigenvalue weighted by Crippen LogP contribution is -2.58. The van der Waals surface area contributed by atoms with E-state index in [4.69, 9.17) is 18.9 Å². The van der Waals surface area contributed by atoms with Crippen LogP contribution in [0.5, 0.6) is 0 Å². The third kappa shape index (κ3) is 3.33. The fourth-order valence-corrected chi connectivity index (χ4v) is 13.1. The first-order chi connectivity index (χ1) is 20.4. The Morgan fingerprint density at radius 1 is 0.977 bits per heavy atom. The molecule has 248 valence electrons. The average Bonchev–Trinajstić information content (AvgIpc) is 3.45. The summed E-state index contributed by atoms with van der Waals surface area (Å²) in [5.41, 5.74) is -0.456. The fourth-order valence-electron chi connectivity index (χ4n) is 13.1. The summed E-state index contributed by atoms with van der Waals surface area (Å²) in [4.78, 5) is 0. The predicted molar refractivity (Wildman–Crippen MR) is 159 cm³/mol. The zero-order valence-electron chi connectivity index (χ0n) is 27.5. The summed E-state index contributed by atoms with van der Waals surface area (Å²) in [5.74, 6) is -0.431. The highest BCUT2D eigenvalue weighted by atomic mass is 16.8. The maximum absolute atomic E-state index is 12.6. The Bertz CT molecular complexity index is 1260. The molecular formula is C35H54O9. The summed E-state index contributed by atoms with van der Waals surface area (Å²) in [6.07, 6.45) is 2.81. The van der Waals surface area contributed by atoms with E-state index in [2.05, 4.69) is 40.7 Å². The van der Waals surface area contributed by atoms with E-state index >= 15 is 0 Å². The summed E-state index contributed by atoms with van der Waals surface area (Å²) in [5, 5.41) is 54.4. The molecule has 0 aromatic heterocycles. The first kappa shape index (κ1) is 30.7. The monoisotopic (exact) mass is 618 g/mol. The number of fused-ring (bicyclic) bond motifs is 4. The highest BCUT2D eigenvalue weighted by molar-refractivity contribution is 5.48. The van der Waals surface area contributed by atoms with Crippen molar-refractivity contribution in [1.29, 1.82) is 0 Å². The minimum atomic E-state index is -1.30. The van der Waals surface area contributed by atoms with Gasteiger partial charge in [-0.25, -0.2) is 0 Å². The van der Waals surface area contributed by atoms with E-state index < -0.39 is 53.6 Å². The molecule has 8 rings (SSSR count). The Morgan fingerprint density at radius 3 is 2.41 bits per heavy atom. The number of allylic oxidation sites excluding steroid dienone is 1. The minimum absolute atomic E-state index is 0.0234. The molecule has 44 heavy (non-hydrogen) atoms. The second kappa shape index (κ2) is 8.88. The van der Waals surface area contributed by atoms with Gasteiger partial charge in [-0.3, -0.25) is 0 Å². The van der Waals surface area contributed by atoms with Crippen molar-refractivity contribution in [1.82, 2.24) is 0 Å². The van der Waals surface area contributed by atoms with Crippen molar-refractivity contribution in [2.45, 2.75) is 154 Å². The van der Waals surface area contributed by atoms with Crippen molar-refractivity contribution in [2.24, 2.45) is 44.8 Å². The Balaban J connectivity index is 1.13. The molecule has 2 bridgehead atoms. The van der Waals surface area contributed by atoms with Crippen LogP contribution in [-0.2, 0) is 18.9 Å². The van der Waals surface area contributed by atoms with Gasteiger partial charge in [-0.2, -0.15) is 0 Å². The number of ether oxygens (including phenoxy) is 4. The second-order valence-corrected chi connectivity index (χ2v) is 17.8. The van der Waals surface area contributed by atoms with Crippen LogP contribution in [0.25, 0.3) is 0 Å². The van der Waals surface area contributed by atoms with Gasteiger partial charge in [0.2, 0.25) is 0 Å². The van der Waals surface area contributed by atoms with Gasteiger partial charge in [0.25, 0.3) is 0 Å². The fraction of sp³-hybridized carbons (Fsp3) is 0.943. The van der Waals surface area contributed by atoms with Crippen LogP contribution < -0.4 is 0 Å². The average molecular weight is 619 g/mol. The zero-order valence-corrected chi connectivity index (χ0v) is 27.5. The molecule has 16 atom stereocenters. The smallest absolute Gasteiger partial charge is 0.199 e. The minimum Gasteiger partial charge on any atom is -0.388 e. The van der Waals surface area contributed by atoms with Gasteiger partial charge in [0, 0.05) is 11.3 Å². The Labute approximate surface area is 261 Å². The van der Waals surface area contributed by atoms with Gasteiger partial charge >= 0.3 is 0 Å². The molecule has 9 nitrogen and oxygen atoms in total. The lowest BCUT2D eigenvalue weighted by molar-refractivity contribution is -0.300. The molecular weight excluding hydrogens is 564 g/mol. The third-order valence-electron chi connectivity index (χ3n) is 15.2. The molecule has 3 heterocycles. The van der Waals surface area contributed by atoms with Crippen molar-refractivity contribution in [3.05, 3.63) is 11.6 Å². The van der Waals surface area contributed by atoms with Crippen LogP contribution in [0.15, 0.2) is 11.6 Å². The molecule has 3 aliphatic heterocycles. The number of aliphatic hydroxyl groups excluding tert-OH is 4. The summed E-state index contributed by atoms with van der Waals surface area (Å²) in [7, 11) is 0. The van der Waals surface area contributed by atoms with Crippen LogP contribution in [0.2, 0.25) is 0 Å². The van der Waals surface area contributed by atoms with E-state index in [0.29, 0.717) is 11.8 Å². The maximum atomic E-state index is 12.6. The largest absolute Gasteiger partial charge is 0.388 e. The van der Waals surface area contributed by atoms with Gasteiger partial charge in [-0.1, -0.05) is 46.3 Å². The normalized spacial score (nSPS) is 60.4. The summed E-state index contributed by atoms with van der Waals surface area (Å²) in [6, 6.07) is 0. The molecule has 3 saturated heterocycles. The van der Waals surface area contributed by atoms with E-state index in [1.54, 1.807) is 13.8 Å². The van der Waals surface area contributed by atoms with E-state index in [1.807, 2.05) is 0 Å². The van der Waals surface area contributed by atoms with E-state index in [-0.39, 0.29) is 46.4 Å². The first-order valence-electron chi connectivity index (χ1n) is 17.2. The van der Waals surface area contributed by atoms with Crippen molar-refractivity contribution >= 4 is 0 Å². The Kier molecular flexibility index (Phi) is 6.20. The van der Waals surface area contributed by atoms with E-state index in [9.17, 15) is 25.5 Å². The van der Waals surface area contributed by atoms with Crippen LogP contribution in [-0.4, -0.2) is 92.5 Å². The molecule has 3 spiro atoms. The molecule has 0 aromatic rings. The lowest BCUT2D eigenvalue weighted by atomic mass is 9.44. The highest BCUT2D eigenvalue weighted by Gasteiger charge is 2.86. The van der Waals surface area contributed by atoms with Gasteiger partial charge in [-0.05, 0) is 92.3 Å². The SMILES string of the molecule is C[C@@H]1C[C@H]2O[C@]3(O[C@@H]2C(C)(C)O)[C@H]1[C@@]1(C)CC[C@@]24C[C@@]25CC[C@H](O[C@@H]2OC[C@H](O)[C@H](O)[C@H]2O)C(C)(C)[C@H]5CC=C4[C@]1(C)[C@H]3O. The van der Waals surface area contributed by atoms with Gasteiger partial charge in [-0.15, -0.1) is 0 Å². The van der Waals surface area contributed by atoms with Gasteiger partial charge in [0.15, 0.2) is 12.1 Å². The molecule has 5 aliphatic carbocycles. The topological polar surface area (TPSA) is 138 Å². The first-order valence-corrected chi connectivity index (χ1v) is 17.2. The maximum Gasteiger partial charge on any atom is 0.199 e. The lowest BCUT2D eigenvalue weighted by Gasteiger charge is -2.60. The molecule has 0 amide bonds. The van der Waals surface area contributed by atoms with Crippen LogP contribution >= 0.6 is 0 Å². The second-order valence-electron chi connectivity index (χ2n) is 17.8. The van der Waals surface area contributed by atoms with Crippen LogP contribution in [0.3, 0.4) is 0 Å². The van der Waals surface area contributed by atoms with Crippen LogP contribution in [0.4, 0.5) is 0 Å². The van der Waals surface area contributed by atoms with Crippen LogP contribution in [0, 0.1) is 44.8 Å². The quantitative estimate of drug-likeness (QED) is 0.302. The standard InChI is InChI=1S/C35H54O9/c1-17-14-19-26(30(4,5)40)44-35(43-19)25(17)31(6)12-13-34-16-33(34)11-10-22(42-27-24(38)23(37)18(36)15-41-27)29(2,3)20(33)8-9-21(34)32(31,7)28(35)39/h9,17-20,22-28,36-40H,8,10-16H2,1-7H3/t17-,18+,19-,20-,22+,23+,24-,25-,26+,27+,28-,31-,32-,33-,34+,35+/m1/s1. The van der Waals surface area contributed by atoms with E-state index in [1.165, 1.54) is 5.57 Å². The predicted octanol–water partition coefficient (Wildman–Crippen LogP) is 3.04. The van der Waals surface area contributed by atoms with Crippen molar-refractivity contribution in [3.63, 3.8) is 0 Å². The van der Waals surface area contributed by atoms with Crippen LogP contribution in [0.1, 0.15) is 93.4 Å². The molecule has 4 saturated carbocycles.